The van der Waals surface area contributed by atoms with E-state index in [0.717, 1.165) is 55.1 Å². The summed E-state index contributed by atoms with van der Waals surface area (Å²) in [6.45, 7) is 5.02. The summed E-state index contributed by atoms with van der Waals surface area (Å²) in [6, 6.07) is 8.16. The average molecular weight is 393 g/mol. The van der Waals surface area contributed by atoms with Crippen molar-refractivity contribution in [1.29, 1.82) is 0 Å². The second-order valence-electron chi connectivity index (χ2n) is 7.17. The lowest BCUT2D eigenvalue weighted by molar-refractivity contribution is -0.384. The first-order chi connectivity index (χ1) is 14.0. The first-order valence-electron chi connectivity index (χ1n) is 9.86. The zero-order chi connectivity index (χ0) is 20.4. The van der Waals surface area contributed by atoms with E-state index in [1.807, 2.05) is 19.9 Å². The van der Waals surface area contributed by atoms with Gasteiger partial charge in [0.1, 0.15) is 11.6 Å². The van der Waals surface area contributed by atoms with E-state index in [-0.39, 0.29) is 11.7 Å². The smallest absolute Gasteiger partial charge is 0.269 e. The molecule has 1 atom stereocenters. The fourth-order valence-electron chi connectivity index (χ4n) is 3.55. The summed E-state index contributed by atoms with van der Waals surface area (Å²) in [7, 11) is 0. The Bertz CT molecular complexity index is 1030. The Kier molecular flexibility index (Phi) is 5.20. The number of nitro groups is 1. The Labute approximate surface area is 168 Å². The van der Waals surface area contributed by atoms with Crippen molar-refractivity contribution in [2.45, 2.75) is 52.1 Å². The highest BCUT2D eigenvalue weighted by molar-refractivity contribution is 5.59. The molecular formula is C20H23N7O2. The number of aromatic nitrogens is 5. The SMILES string of the molecule is CCc1cc(NC(C)c2nnc3n2CCCC3)nc(-c2ccc([N+](=O)[O-])cc2)n1. The van der Waals surface area contributed by atoms with Crippen molar-refractivity contribution in [1.82, 2.24) is 24.7 Å². The van der Waals surface area contributed by atoms with E-state index >= 15 is 0 Å². The summed E-state index contributed by atoms with van der Waals surface area (Å²) in [5, 5.41) is 23.0. The highest BCUT2D eigenvalue weighted by Gasteiger charge is 2.20. The number of nitrogens with zero attached hydrogens (tertiary/aromatic N) is 6. The largest absolute Gasteiger partial charge is 0.360 e. The van der Waals surface area contributed by atoms with Crippen LogP contribution >= 0.6 is 0 Å². The van der Waals surface area contributed by atoms with E-state index in [0.29, 0.717) is 11.6 Å². The number of nitro benzene ring substituents is 1. The van der Waals surface area contributed by atoms with Gasteiger partial charge >= 0.3 is 0 Å². The second kappa shape index (κ2) is 7.94. The van der Waals surface area contributed by atoms with Crippen molar-refractivity contribution in [2.75, 3.05) is 5.32 Å². The third-order valence-electron chi connectivity index (χ3n) is 5.12. The summed E-state index contributed by atoms with van der Waals surface area (Å²) in [5.74, 6) is 3.19. The summed E-state index contributed by atoms with van der Waals surface area (Å²) in [6.07, 6.45) is 4.02. The number of fused-ring (bicyclic) bond motifs is 1. The summed E-state index contributed by atoms with van der Waals surface area (Å²) >= 11 is 0. The molecular weight excluding hydrogens is 370 g/mol. The number of anilines is 1. The van der Waals surface area contributed by atoms with E-state index in [1.54, 1.807) is 12.1 Å². The normalized spacial score (nSPS) is 14.3. The molecule has 9 heteroatoms. The number of benzene rings is 1. The van der Waals surface area contributed by atoms with Crippen LogP contribution in [0.25, 0.3) is 11.4 Å². The van der Waals surface area contributed by atoms with Crippen LogP contribution in [0.15, 0.2) is 30.3 Å². The van der Waals surface area contributed by atoms with Crippen LogP contribution in [0.1, 0.15) is 50.1 Å². The van der Waals surface area contributed by atoms with Gasteiger partial charge in [0.2, 0.25) is 0 Å². The topological polar surface area (TPSA) is 112 Å². The molecule has 3 aromatic rings. The third kappa shape index (κ3) is 3.94. The van der Waals surface area contributed by atoms with Crippen molar-refractivity contribution in [3.05, 3.63) is 57.8 Å². The molecule has 9 nitrogen and oxygen atoms in total. The molecule has 0 spiro atoms. The highest BCUT2D eigenvalue weighted by atomic mass is 16.6. The van der Waals surface area contributed by atoms with Gasteiger partial charge < -0.3 is 9.88 Å². The molecule has 29 heavy (non-hydrogen) atoms. The number of aryl methyl sites for hydroxylation is 2. The lowest BCUT2D eigenvalue weighted by Gasteiger charge is -2.19. The van der Waals surface area contributed by atoms with Gasteiger partial charge in [-0.25, -0.2) is 9.97 Å². The van der Waals surface area contributed by atoms with Crippen LogP contribution in [0.4, 0.5) is 11.5 Å². The molecule has 150 valence electrons. The quantitative estimate of drug-likeness (QED) is 0.502. The molecule has 1 aliphatic rings. The summed E-state index contributed by atoms with van der Waals surface area (Å²) in [4.78, 5) is 19.7. The Balaban J connectivity index is 1.61. The minimum absolute atomic E-state index is 0.0453. The van der Waals surface area contributed by atoms with E-state index in [1.165, 1.54) is 12.1 Å². The maximum atomic E-state index is 10.9. The molecule has 4 rings (SSSR count). The zero-order valence-corrected chi connectivity index (χ0v) is 16.5. The average Bonchev–Trinajstić information content (AvgIpc) is 3.18. The van der Waals surface area contributed by atoms with Crippen molar-refractivity contribution in [3.8, 4) is 11.4 Å². The molecule has 1 aromatic carbocycles. The van der Waals surface area contributed by atoms with Gasteiger partial charge in [-0.2, -0.15) is 0 Å². The fraction of sp³-hybridized carbons (Fsp3) is 0.400. The first-order valence-corrected chi connectivity index (χ1v) is 9.86. The van der Waals surface area contributed by atoms with Crippen LogP contribution in [-0.2, 0) is 19.4 Å². The van der Waals surface area contributed by atoms with Crippen LogP contribution in [0, 0.1) is 10.1 Å². The molecule has 0 aliphatic carbocycles. The molecule has 1 unspecified atom stereocenters. The maximum absolute atomic E-state index is 10.9. The van der Waals surface area contributed by atoms with Gasteiger partial charge in [-0.1, -0.05) is 6.92 Å². The predicted octanol–water partition coefficient (Wildman–Crippen LogP) is 3.72. The molecule has 0 saturated carbocycles. The lowest BCUT2D eigenvalue weighted by atomic mass is 10.1. The van der Waals surface area contributed by atoms with E-state index in [4.69, 9.17) is 0 Å². The van der Waals surface area contributed by atoms with E-state index in [9.17, 15) is 10.1 Å². The molecule has 0 fully saturated rings. The van der Waals surface area contributed by atoms with Gasteiger partial charge in [0.25, 0.3) is 5.69 Å². The highest BCUT2D eigenvalue weighted by Crippen LogP contribution is 2.25. The van der Waals surface area contributed by atoms with Gasteiger partial charge in [0.15, 0.2) is 11.6 Å². The second-order valence-corrected chi connectivity index (χ2v) is 7.17. The molecule has 2 aromatic heterocycles. The van der Waals surface area contributed by atoms with Gasteiger partial charge in [-0.15, -0.1) is 10.2 Å². The molecule has 0 amide bonds. The molecule has 1 N–H and O–H groups in total. The first kappa shape index (κ1) is 19.0. The molecule has 0 radical (unpaired) electrons. The number of rotatable bonds is 6. The molecule has 3 heterocycles. The van der Waals surface area contributed by atoms with Crippen LogP contribution in [0.5, 0.6) is 0 Å². The van der Waals surface area contributed by atoms with Crippen LogP contribution < -0.4 is 5.32 Å². The Hall–Kier alpha value is -3.36. The third-order valence-corrected chi connectivity index (χ3v) is 5.12. The minimum atomic E-state index is -0.416. The summed E-state index contributed by atoms with van der Waals surface area (Å²) < 4.78 is 2.19. The van der Waals surface area contributed by atoms with Gasteiger partial charge in [0.05, 0.1) is 11.0 Å². The fourth-order valence-corrected chi connectivity index (χ4v) is 3.55. The Morgan fingerprint density at radius 2 is 2.00 bits per heavy atom. The molecule has 0 bridgehead atoms. The molecule has 0 saturated heterocycles. The predicted molar refractivity (Wildman–Crippen MR) is 108 cm³/mol. The number of nitrogens with one attached hydrogen (secondary N) is 1. The van der Waals surface area contributed by atoms with Gasteiger partial charge in [-0.3, -0.25) is 10.1 Å². The minimum Gasteiger partial charge on any atom is -0.360 e. The maximum Gasteiger partial charge on any atom is 0.269 e. The van der Waals surface area contributed by atoms with Gasteiger partial charge in [-0.05, 0) is 38.3 Å². The number of non-ortho nitro benzene ring substituents is 1. The summed E-state index contributed by atoms with van der Waals surface area (Å²) in [5.41, 5.74) is 1.68. The number of hydrogen-bond donors (Lipinski definition) is 1. The number of hydrogen-bond acceptors (Lipinski definition) is 7. The Morgan fingerprint density at radius 3 is 2.72 bits per heavy atom. The van der Waals surface area contributed by atoms with Crippen molar-refractivity contribution in [3.63, 3.8) is 0 Å². The standard InChI is InChI=1S/C20H23N7O2/c1-3-15-12-17(21-13(2)20-25-24-18-6-4-5-11-26(18)20)23-19(22-15)14-7-9-16(10-8-14)27(28)29/h7-10,12-13H,3-6,11H2,1-2H3,(H,21,22,23). The van der Waals surface area contributed by atoms with Crippen LogP contribution in [-0.4, -0.2) is 29.7 Å². The Morgan fingerprint density at radius 1 is 1.21 bits per heavy atom. The van der Waals surface area contributed by atoms with Crippen LogP contribution in [0.2, 0.25) is 0 Å². The van der Waals surface area contributed by atoms with Crippen molar-refractivity contribution >= 4 is 11.5 Å². The van der Waals surface area contributed by atoms with Crippen molar-refractivity contribution < 1.29 is 4.92 Å². The molecule has 1 aliphatic heterocycles. The van der Waals surface area contributed by atoms with Gasteiger partial charge in [0, 0.05) is 42.4 Å². The van der Waals surface area contributed by atoms with E-state index in [2.05, 4.69) is 30.0 Å². The van der Waals surface area contributed by atoms with E-state index < -0.39 is 4.92 Å². The zero-order valence-electron chi connectivity index (χ0n) is 16.5. The van der Waals surface area contributed by atoms with Crippen molar-refractivity contribution in [2.24, 2.45) is 0 Å². The lowest BCUT2D eigenvalue weighted by Crippen LogP contribution is -2.18. The monoisotopic (exact) mass is 393 g/mol. The van der Waals surface area contributed by atoms with Crippen LogP contribution in [0.3, 0.4) is 0 Å².